The van der Waals surface area contributed by atoms with Crippen molar-refractivity contribution in [2.24, 2.45) is 5.92 Å². The molecule has 0 spiro atoms. The predicted octanol–water partition coefficient (Wildman–Crippen LogP) is 2.69. The fourth-order valence-electron chi connectivity index (χ4n) is 3.73. The zero-order chi connectivity index (χ0) is 18.3. The summed E-state index contributed by atoms with van der Waals surface area (Å²) >= 11 is 0. The number of rotatable bonds is 4. The van der Waals surface area contributed by atoms with Crippen LogP contribution < -0.4 is 19.5 Å². The second kappa shape index (κ2) is 6.49. The van der Waals surface area contributed by atoms with Crippen molar-refractivity contribution in [3.63, 3.8) is 0 Å². The number of fused-ring (bicyclic) bond motifs is 1. The third-order valence-electron chi connectivity index (χ3n) is 5.00. The van der Waals surface area contributed by atoms with Crippen molar-refractivity contribution in [1.82, 2.24) is 5.32 Å². The van der Waals surface area contributed by atoms with Gasteiger partial charge in [-0.05, 0) is 35.4 Å². The van der Waals surface area contributed by atoms with Gasteiger partial charge in [0.2, 0.25) is 6.79 Å². The second-order valence-corrected chi connectivity index (χ2v) is 6.36. The molecule has 6 nitrogen and oxygen atoms in total. The van der Waals surface area contributed by atoms with Crippen molar-refractivity contribution in [1.29, 1.82) is 0 Å². The number of halogens is 1. The Morgan fingerprint density at radius 3 is 2.69 bits per heavy atom. The van der Waals surface area contributed by atoms with E-state index in [2.05, 4.69) is 5.32 Å². The minimum absolute atomic E-state index is 0.131. The monoisotopic (exact) mass is 359 g/mol. The van der Waals surface area contributed by atoms with Crippen LogP contribution >= 0.6 is 0 Å². The summed E-state index contributed by atoms with van der Waals surface area (Å²) in [6, 6.07) is 9.50. The van der Waals surface area contributed by atoms with E-state index in [1.165, 1.54) is 19.2 Å². The summed E-state index contributed by atoms with van der Waals surface area (Å²) in [6.45, 7) is 0.632. The lowest BCUT2D eigenvalue weighted by molar-refractivity contribution is -0.142. The van der Waals surface area contributed by atoms with E-state index in [0.29, 0.717) is 23.6 Å². The van der Waals surface area contributed by atoms with Gasteiger partial charge in [0.25, 0.3) is 0 Å². The number of ether oxygens (including phenoxy) is 3. The molecule has 0 saturated carbocycles. The average molecular weight is 359 g/mol. The highest BCUT2D eigenvalue weighted by atomic mass is 19.1. The Kier molecular flexibility index (Phi) is 4.16. The standard InChI is InChI=1S/C19H18FNO5/c1-24-14-4-3-11(6-13(14)20)18-17(19(22)23)12(8-21-18)10-2-5-15-16(7-10)26-9-25-15/h2-7,12,17-18,21H,8-9H2,1H3,(H,22,23)/t12-,17-,18+/m1/s1. The van der Waals surface area contributed by atoms with E-state index in [1.54, 1.807) is 12.1 Å². The van der Waals surface area contributed by atoms with Gasteiger partial charge in [-0.15, -0.1) is 0 Å². The summed E-state index contributed by atoms with van der Waals surface area (Å²) in [7, 11) is 1.39. The molecule has 0 radical (unpaired) electrons. The molecule has 0 aliphatic carbocycles. The lowest BCUT2D eigenvalue weighted by Gasteiger charge is -2.21. The van der Waals surface area contributed by atoms with Crippen LogP contribution in [0.2, 0.25) is 0 Å². The number of carbonyl (C=O) groups is 1. The van der Waals surface area contributed by atoms with Gasteiger partial charge in [0.05, 0.1) is 13.0 Å². The minimum Gasteiger partial charge on any atom is -0.494 e. The molecule has 0 bridgehead atoms. The molecule has 2 aromatic carbocycles. The number of methoxy groups -OCH3 is 1. The highest BCUT2D eigenvalue weighted by molar-refractivity contribution is 5.74. The number of aliphatic carboxylic acids is 1. The van der Waals surface area contributed by atoms with Gasteiger partial charge < -0.3 is 24.6 Å². The summed E-state index contributed by atoms with van der Waals surface area (Å²) in [5.74, 6) is -1.04. The third kappa shape index (κ3) is 2.74. The topological polar surface area (TPSA) is 77.0 Å². The van der Waals surface area contributed by atoms with Crippen molar-refractivity contribution in [2.45, 2.75) is 12.0 Å². The Hall–Kier alpha value is -2.80. The van der Waals surface area contributed by atoms with Crippen LogP contribution in [-0.2, 0) is 4.79 Å². The quantitative estimate of drug-likeness (QED) is 0.874. The summed E-state index contributed by atoms with van der Waals surface area (Å²) < 4.78 is 29.7. The van der Waals surface area contributed by atoms with Crippen molar-refractivity contribution < 1.29 is 28.5 Å². The molecule has 2 aliphatic rings. The van der Waals surface area contributed by atoms with Crippen LogP contribution in [0.25, 0.3) is 0 Å². The van der Waals surface area contributed by atoms with Gasteiger partial charge in [-0.25, -0.2) is 4.39 Å². The van der Waals surface area contributed by atoms with Crippen molar-refractivity contribution in [2.75, 3.05) is 20.4 Å². The van der Waals surface area contributed by atoms with Gasteiger partial charge in [0.15, 0.2) is 23.1 Å². The van der Waals surface area contributed by atoms with E-state index >= 15 is 0 Å². The average Bonchev–Trinajstić information content (AvgIpc) is 3.27. The Labute approximate surface area is 149 Å². The first-order valence-electron chi connectivity index (χ1n) is 8.27. The number of hydrogen-bond acceptors (Lipinski definition) is 5. The molecule has 136 valence electrons. The van der Waals surface area contributed by atoms with Crippen LogP contribution in [0.3, 0.4) is 0 Å². The number of hydrogen-bond donors (Lipinski definition) is 2. The first-order valence-corrected chi connectivity index (χ1v) is 8.27. The normalized spacial score (nSPS) is 23.8. The molecule has 2 heterocycles. The SMILES string of the molecule is COc1ccc([C@@H]2NC[C@H](c3ccc4c(c3)OCO4)[C@H]2C(=O)O)cc1F. The Bertz CT molecular complexity index is 856. The maximum Gasteiger partial charge on any atom is 0.309 e. The van der Waals surface area contributed by atoms with Crippen LogP contribution in [-0.4, -0.2) is 31.5 Å². The molecule has 2 aromatic rings. The van der Waals surface area contributed by atoms with Gasteiger partial charge in [0.1, 0.15) is 0 Å². The third-order valence-corrected chi connectivity index (χ3v) is 5.00. The highest BCUT2D eigenvalue weighted by Crippen LogP contribution is 2.43. The lowest BCUT2D eigenvalue weighted by Crippen LogP contribution is -2.25. The van der Waals surface area contributed by atoms with Crippen molar-refractivity contribution in [3.8, 4) is 17.2 Å². The number of carboxylic acids is 1. The number of carboxylic acid groups (broad SMARTS) is 1. The van der Waals surface area contributed by atoms with Crippen LogP contribution in [0.4, 0.5) is 4.39 Å². The van der Waals surface area contributed by atoms with E-state index < -0.39 is 23.7 Å². The van der Waals surface area contributed by atoms with Crippen molar-refractivity contribution >= 4 is 5.97 Å². The number of nitrogens with one attached hydrogen (secondary N) is 1. The smallest absolute Gasteiger partial charge is 0.309 e. The summed E-state index contributed by atoms with van der Waals surface area (Å²) in [5, 5.41) is 13.1. The van der Waals surface area contributed by atoms with E-state index in [-0.39, 0.29) is 18.5 Å². The zero-order valence-electron chi connectivity index (χ0n) is 14.1. The van der Waals surface area contributed by atoms with E-state index in [0.717, 1.165) is 5.56 Å². The summed E-state index contributed by atoms with van der Waals surface area (Å²) in [5.41, 5.74) is 1.43. The molecule has 1 fully saturated rings. The fourth-order valence-corrected chi connectivity index (χ4v) is 3.73. The zero-order valence-corrected chi connectivity index (χ0v) is 14.1. The molecule has 7 heteroatoms. The van der Waals surface area contributed by atoms with E-state index in [4.69, 9.17) is 14.2 Å². The van der Waals surface area contributed by atoms with E-state index in [1.807, 2.05) is 12.1 Å². The highest BCUT2D eigenvalue weighted by Gasteiger charge is 2.43. The minimum atomic E-state index is -0.932. The van der Waals surface area contributed by atoms with E-state index in [9.17, 15) is 14.3 Å². The van der Waals surface area contributed by atoms with Crippen LogP contribution in [0, 0.1) is 11.7 Å². The summed E-state index contributed by atoms with van der Waals surface area (Å²) in [4.78, 5) is 12.0. The lowest BCUT2D eigenvalue weighted by atomic mass is 9.83. The molecule has 0 amide bonds. The first-order chi connectivity index (χ1) is 12.6. The Morgan fingerprint density at radius 1 is 1.19 bits per heavy atom. The predicted molar refractivity (Wildman–Crippen MR) is 90.1 cm³/mol. The molecular formula is C19H18FNO5. The maximum absolute atomic E-state index is 14.1. The fraction of sp³-hybridized carbons (Fsp3) is 0.316. The second-order valence-electron chi connectivity index (χ2n) is 6.36. The largest absolute Gasteiger partial charge is 0.494 e. The molecule has 0 unspecified atom stereocenters. The molecular weight excluding hydrogens is 341 g/mol. The molecule has 1 saturated heterocycles. The molecule has 3 atom stereocenters. The number of benzene rings is 2. The Balaban J connectivity index is 1.66. The van der Waals surface area contributed by atoms with Gasteiger partial charge in [-0.3, -0.25) is 4.79 Å². The Morgan fingerprint density at radius 2 is 1.96 bits per heavy atom. The molecule has 0 aromatic heterocycles. The van der Waals surface area contributed by atoms with Crippen molar-refractivity contribution in [3.05, 3.63) is 53.3 Å². The summed E-state index contributed by atoms with van der Waals surface area (Å²) in [6.07, 6.45) is 0. The molecule has 2 aliphatic heterocycles. The molecule has 26 heavy (non-hydrogen) atoms. The van der Waals surface area contributed by atoms with Crippen LogP contribution in [0.1, 0.15) is 23.1 Å². The maximum atomic E-state index is 14.1. The van der Waals surface area contributed by atoms with Gasteiger partial charge in [-0.2, -0.15) is 0 Å². The first kappa shape index (κ1) is 16.7. The molecule has 4 rings (SSSR count). The van der Waals surface area contributed by atoms with Crippen LogP contribution in [0.5, 0.6) is 17.2 Å². The van der Waals surface area contributed by atoms with Gasteiger partial charge in [0, 0.05) is 18.5 Å². The van der Waals surface area contributed by atoms with Gasteiger partial charge >= 0.3 is 5.97 Å². The van der Waals surface area contributed by atoms with Gasteiger partial charge in [-0.1, -0.05) is 12.1 Å². The van der Waals surface area contributed by atoms with Crippen LogP contribution in [0.15, 0.2) is 36.4 Å². The molecule has 2 N–H and O–H groups in total.